The fourth-order valence-electron chi connectivity index (χ4n) is 2.25. The quantitative estimate of drug-likeness (QED) is 0.807. The first-order valence-corrected chi connectivity index (χ1v) is 6.90. The second-order valence-corrected chi connectivity index (χ2v) is 5.01. The van der Waals surface area contributed by atoms with Crippen LogP contribution < -0.4 is 10.6 Å². The Labute approximate surface area is 124 Å². The molecular weight excluding hydrogens is 264 g/mol. The van der Waals surface area contributed by atoms with E-state index < -0.39 is 0 Å². The molecule has 1 amide bonds. The van der Waals surface area contributed by atoms with Gasteiger partial charge in [-0.05, 0) is 49.2 Å². The molecule has 0 aliphatic carbocycles. The molecule has 4 heteroatoms. The van der Waals surface area contributed by atoms with Crippen molar-refractivity contribution < 1.29 is 9.90 Å². The van der Waals surface area contributed by atoms with Crippen LogP contribution in [0, 0.1) is 6.92 Å². The molecule has 0 saturated carbocycles. The average Bonchev–Trinajstić information content (AvgIpc) is 2.49. The van der Waals surface area contributed by atoms with Gasteiger partial charge in [-0.2, -0.15) is 0 Å². The first-order valence-electron chi connectivity index (χ1n) is 6.90. The van der Waals surface area contributed by atoms with Crippen molar-refractivity contribution in [2.75, 3.05) is 12.4 Å². The Morgan fingerprint density at radius 3 is 2.43 bits per heavy atom. The van der Waals surface area contributed by atoms with Crippen LogP contribution in [0.15, 0.2) is 42.5 Å². The predicted octanol–water partition coefficient (Wildman–Crippen LogP) is 3.23. The van der Waals surface area contributed by atoms with Crippen molar-refractivity contribution in [3.8, 4) is 5.75 Å². The van der Waals surface area contributed by atoms with Gasteiger partial charge < -0.3 is 15.7 Å². The molecule has 21 heavy (non-hydrogen) atoms. The molecule has 2 aromatic carbocycles. The van der Waals surface area contributed by atoms with E-state index in [0.717, 1.165) is 16.8 Å². The van der Waals surface area contributed by atoms with Crippen LogP contribution in [0.2, 0.25) is 0 Å². The van der Waals surface area contributed by atoms with E-state index in [4.69, 9.17) is 0 Å². The number of carbonyl (C=O) groups is 1. The van der Waals surface area contributed by atoms with Gasteiger partial charge >= 0.3 is 0 Å². The van der Waals surface area contributed by atoms with Crippen LogP contribution in [0.5, 0.6) is 5.75 Å². The fraction of sp³-hybridized carbons (Fsp3) is 0.235. The molecule has 110 valence electrons. The van der Waals surface area contributed by atoms with E-state index in [-0.39, 0.29) is 17.7 Å². The lowest BCUT2D eigenvalue weighted by Crippen LogP contribution is -2.19. The van der Waals surface area contributed by atoms with Crippen molar-refractivity contribution in [2.24, 2.45) is 0 Å². The summed E-state index contributed by atoms with van der Waals surface area (Å²) in [6, 6.07) is 12.8. The van der Waals surface area contributed by atoms with Crippen molar-refractivity contribution in [1.29, 1.82) is 0 Å². The summed E-state index contributed by atoms with van der Waals surface area (Å²) in [4.78, 5) is 11.8. The molecule has 0 radical (unpaired) electrons. The number of phenolic OH excluding ortho intramolecular Hbond substituents is 1. The van der Waals surface area contributed by atoms with Crippen LogP contribution in [0.3, 0.4) is 0 Å². The lowest BCUT2D eigenvalue weighted by molar-refractivity contribution is 0.0962. The number of hydrogen-bond donors (Lipinski definition) is 3. The SMILES string of the molecule is CNC(=O)c1cccc(NC(C)c2ccc(O)cc2)c1C. The maximum atomic E-state index is 11.8. The number of nitrogens with one attached hydrogen (secondary N) is 2. The van der Waals surface area contributed by atoms with Gasteiger partial charge in [0.05, 0.1) is 0 Å². The number of rotatable bonds is 4. The van der Waals surface area contributed by atoms with Crippen molar-refractivity contribution in [1.82, 2.24) is 5.32 Å². The van der Waals surface area contributed by atoms with Gasteiger partial charge in [0, 0.05) is 24.3 Å². The molecule has 2 rings (SSSR count). The summed E-state index contributed by atoms with van der Waals surface area (Å²) >= 11 is 0. The minimum Gasteiger partial charge on any atom is -0.508 e. The monoisotopic (exact) mass is 284 g/mol. The maximum Gasteiger partial charge on any atom is 0.251 e. The van der Waals surface area contributed by atoms with Crippen LogP contribution in [0.1, 0.15) is 34.5 Å². The topological polar surface area (TPSA) is 61.4 Å². The normalized spacial score (nSPS) is 11.8. The molecule has 0 heterocycles. The molecule has 0 aromatic heterocycles. The van der Waals surface area contributed by atoms with Gasteiger partial charge in [-0.15, -0.1) is 0 Å². The zero-order valence-electron chi connectivity index (χ0n) is 12.5. The van der Waals surface area contributed by atoms with Crippen LogP contribution in [0.25, 0.3) is 0 Å². The number of benzene rings is 2. The molecular formula is C17H20N2O2. The lowest BCUT2D eigenvalue weighted by Gasteiger charge is -2.19. The Balaban J connectivity index is 2.23. The van der Waals surface area contributed by atoms with Gasteiger partial charge in [0.2, 0.25) is 0 Å². The number of carbonyl (C=O) groups excluding carboxylic acids is 1. The van der Waals surface area contributed by atoms with Crippen LogP contribution in [-0.4, -0.2) is 18.1 Å². The molecule has 0 spiro atoms. The number of amides is 1. The molecule has 0 aliphatic rings. The molecule has 4 nitrogen and oxygen atoms in total. The molecule has 1 unspecified atom stereocenters. The molecule has 0 aliphatic heterocycles. The molecule has 3 N–H and O–H groups in total. The molecule has 0 fully saturated rings. The summed E-state index contributed by atoms with van der Waals surface area (Å²) in [6.45, 7) is 3.97. The average molecular weight is 284 g/mol. The summed E-state index contributed by atoms with van der Waals surface area (Å²) in [6.07, 6.45) is 0. The smallest absolute Gasteiger partial charge is 0.251 e. The minimum atomic E-state index is -0.0894. The van der Waals surface area contributed by atoms with E-state index in [2.05, 4.69) is 10.6 Å². The van der Waals surface area contributed by atoms with Gasteiger partial charge in [0.25, 0.3) is 5.91 Å². The Morgan fingerprint density at radius 1 is 1.14 bits per heavy atom. The summed E-state index contributed by atoms with van der Waals surface area (Å²) in [7, 11) is 1.63. The number of phenols is 1. The summed E-state index contributed by atoms with van der Waals surface area (Å²) in [5, 5.41) is 15.4. The van der Waals surface area contributed by atoms with Crippen LogP contribution >= 0.6 is 0 Å². The highest BCUT2D eigenvalue weighted by Crippen LogP contribution is 2.25. The Kier molecular flexibility index (Phi) is 4.48. The Hall–Kier alpha value is -2.49. The molecule has 0 saturated heterocycles. The highest BCUT2D eigenvalue weighted by molar-refractivity contribution is 5.96. The van der Waals surface area contributed by atoms with Crippen LogP contribution in [-0.2, 0) is 0 Å². The zero-order chi connectivity index (χ0) is 15.4. The van der Waals surface area contributed by atoms with Crippen molar-refractivity contribution >= 4 is 11.6 Å². The fourth-order valence-corrected chi connectivity index (χ4v) is 2.25. The van der Waals surface area contributed by atoms with Gasteiger partial charge in [-0.25, -0.2) is 0 Å². The standard InChI is InChI=1S/C17H20N2O2/c1-11-15(17(21)18-3)5-4-6-16(11)19-12(2)13-7-9-14(20)10-8-13/h4-10,12,19-20H,1-3H3,(H,18,21). The first-order chi connectivity index (χ1) is 10.0. The lowest BCUT2D eigenvalue weighted by atomic mass is 10.0. The minimum absolute atomic E-state index is 0.0734. The van der Waals surface area contributed by atoms with Gasteiger partial charge in [-0.1, -0.05) is 18.2 Å². The predicted molar refractivity (Wildman–Crippen MR) is 84.7 cm³/mol. The summed E-state index contributed by atoms with van der Waals surface area (Å²) in [5.41, 5.74) is 3.58. The number of aromatic hydroxyl groups is 1. The Bertz CT molecular complexity index is 636. The maximum absolute atomic E-state index is 11.8. The third kappa shape index (κ3) is 3.34. The summed E-state index contributed by atoms with van der Waals surface area (Å²) < 4.78 is 0. The summed E-state index contributed by atoms with van der Waals surface area (Å²) in [5.74, 6) is 0.164. The third-order valence-corrected chi connectivity index (χ3v) is 3.57. The molecule has 0 bridgehead atoms. The Morgan fingerprint density at radius 2 is 1.81 bits per heavy atom. The zero-order valence-corrected chi connectivity index (χ0v) is 12.5. The van der Waals surface area contributed by atoms with E-state index in [1.807, 2.05) is 44.2 Å². The van der Waals surface area contributed by atoms with E-state index in [1.54, 1.807) is 19.2 Å². The van der Waals surface area contributed by atoms with Gasteiger partial charge in [0.1, 0.15) is 5.75 Å². The van der Waals surface area contributed by atoms with Gasteiger partial charge in [-0.3, -0.25) is 4.79 Å². The first kappa shape index (κ1) is 14.9. The van der Waals surface area contributed by atoms with Crippen molar-refractivity contribution in [2.45, 2.75) is 19.9 Å². The van der Waals surface area contributed by atoms with Crippen molar-refractivity contribution in [3.63, 3.8) is 0 Å². The number of anilines is 1. The molecule has 1 atom stereocenters. The van der Waals surface area contributed by atoms with Crippen molar-refractivity contribution in [3.05, 3.63) is 59.2 Å². The third-order valence-electron chi connectivity index (χ3n) is 3.57. The second-order valence-electron chi connectivity index (χ2n) is 5.01. The highest BCUT2D eigenvalue weighted by Gasteiger charge is 2.12. The van der Waals surface area contributed by atoms with Crippen LogP contribution in [0.4, 0.5) is 5.69 Å². The van der Waals surface area contributed by atoms with E-state index >= 15 is 0 Å². The largest absolute Gasteiger partial charge is 0.508 e. The number of hydrogen-bond acceptors (Lipinski definition) is 3. The van der Waals surface area contributed by atoms with E-state index in [1.165, 1.54) is 0 Å². The highest BCUT2D eigenvalue weighted by atomic mass is 16.3. The second kappa shape index (κ2) is 6.31. The molecule has 2 aromatic rings. The van der Waals surface area contributed by atoms with E-state index in [0.29, 0.717) is 5.56 Å². The van der Waals surface area contributed by atoms with Gasteiger partial charge in [0.15, 0.2) is 0 Å². The van der Waals surface area contributed by atoms with E-state index in [9.17, 15) is 9.90 Å².